The molecule has 2 rings (SSSR count). The molecule has 1 N–H and O–H groups in total. The van der Waals surface area contributed by atoms with E-state index in [1.165, 1.54) is 0 Å². The average Bonchev–Trinajstić information content (AvgIpc) is 2.48. The van der Waals surface area contributed by atoms with Gasteiger partial charge >= 0.3 is 0 Å². The predicted octanol–water partition coefficient (Wildman–Crippen LogP) is 2.91. The summed E-state index contributed by atoms with van der Waals surface area (Å²) in [4.78, 5) is 11.9. The molecule has 0 fully saturated rings. The van der Waals surface area contributed by atoms with Gasteiger partial charge in [0.25, 0.3) is 5.91 Å². The van der Waals surface area contributed by atoms with Crippen LogP contribution in [0.15, 0.2) is 59.7 Å². The van der Waals surface area contributed by atoms with Crippen molar-refractivity contribution in [2.24, 2.45) is 5.10 Å². The number of benzene rings is 2. The highest BCUT2D eigenvalue weighted by atomic mass is 16.5. The normalized spacial score (nSPS) is 12.1. The number of hydrazone groups is 1. The van der Waals surface area contributed by atoms with Crippen LogP contribution in [0.2, 0.25) is 0 Å². The molecule has 2 aromatic rings. The summed E-state index contributed by atoms with van der Waals surface area (Å²) in [7, 11) is 0. The number of amides is 1. The Bertz CT molecular complexity index is 624. The molecule has 0 aliphatic rings. The number of hydrogen-bond donors (Lipinski definition) is 1. The van der Waals surface area contributed by atoms with Gasteiger partial charge in [-0.3, -0.25) is 4.79 Å². The molecule has 0 bridgehead atoms. The summed E-state index contributed by atoms with van der Waals surface area (Å²) >= 11 is 0. The number of rotatable bonds is 5. The maximum atomic E-state index is 11.9. The number of aryl methyl sites for hydroxylation is 1. The quantitative estimate of drug-likeness (QED) is 0.677. The number of carbonyl (C=O) groups is 1. The van der Waals surface area contributed by atoms with Gasteiger partial charge in [0, 0.05) is 0 Å². The zero-order valence-corrected chi connectivity index (χ0v) is 12.1. The van der Waals surface area contributed by atoms with Crippen LogP contribution >= 0.6 is 0 Å². The van der Waals surface area contributed by atoms with E-state index in [4.69, 9.17) is 4.74 Å². The monoisotopic (exact) mass is 282 g/mol. The van der Waals surface area contributed by atoms with E-state index in [0.717, 1.165) is 11.1 Å². The Morgan fingerprint density at radius 3 is 2.67 bits per heavy atom. The SMILES string of the molecule is Cc1cccc(O[C@@H](C)C(=O)N/N=C\c2ccccc2)c1. The summed E-state index contributed by atoms with van der Waals surface area (Å²) in [6, 6.07) is 17.1. The van der Waals surface area contributed by atoms with Gasteiger partial charge in [-0.05, 0) is 37.1 Å². The second-order valence-electron chi connectivity index (χ2n) is 4.72. The van der Waals surface area contributed by atoms with Gasteiger partial charge in [-0.15, -0.1) is 0 Å². The first-order chi connectivity index (χ1) is 10.1. The number of carbonyl (C=O) groups excluding carboxylic acids is 1. The fourth-order valence-electron chi connectivity index (χ4n) is 1.75. The van der Waals surface area contributed by atoms with Crippen molar-refractivity contribution in [3.63, 3.8) is 0 Å². The molecule has 0 unspecified atom stereocenters. The van der Waals surface area contributed by atoms with Crippen molar-refractivity contribution in [1.29, 1.82) is 0 Å². The number of nitrogens with zero attached hydrogens (tertiary/aromatic N) is 1. The van der Waals surface area contributed by atoms with Gasteiger partial charge in [-0.25, -0.2) is 5.43 Å². The average molecular weight is 282 g/mol. The van der Waals surface area contributed by atoms with Gasteiger partial charge in [-0.1, -0.05) is 42.5 Å². The zero-order valence-electron chi connectivity index (χ0n) is 12.1. The minimum Gasteiger partial charge on any atom is -0.481 e. The largest absolute Gasteiger partial charge is 0.481 e. The van der Waals surface area contributed by atoms with Crippen LogP contribution in [0.25, 0.3) is 0 Å². The first-order valence-electron chi connectivity index (χ1n) is 6.76. The van der Waals surface area contributed by atoms with E-state index in [1.807, 2.05) is 61.5 Å². The highest BCUT2D eigenvalue weighted by Crippen LogP contribution is 2.14. The Kier molecular flexibility index (Phi) is 5.10. The molecule has 0 aliphatic heterocycles. The van der Waals surface area contributed by atoms with Gasteiger partial charge in [0.15, 0.2) is 6.10 Å². The van der Waals surface area contributed by atoms with E-state index >= 15 is 0 Å². The molecular weight excluding hydrogens is 264 g/mol. The lowest BCUT2D eigenvalue weighted by Gasteiger charge is -2.13. The van der Waals surface area contributed by atoms with Gasteiger partial charge in [-0.2, -0.15) is 5.10 Å². The Hall–Kier alpha value is -2.62. The third-order valence-electron chi connectivity index (χ3n) is 2.86. The molecule has 0 saturated carbocycles. The maximum absolute atomic E-state index is 11.9. The molecule has 0 aromatic heterocycles. The van der Waals surface area contributed by atoms with E-state index in [-0.39, 0.29) is 5.91 Å². The highest BCUT2D eigenvalue weighted by Gasteiger charge is 2.13. The molecule has 21 heavy (non-hydrogen) atoms. The van der Waals surface area contributed by atoms with Crippen LogP contribution in [0.4, 0.5) is 0 Å². The van der Waals surface area contributed by atoms with Crippen LogP contribution in [0.1, 0.15) is 18.1 Å². The highest BCUT2D eigenvalue weighted by molar-refractivity contribution is 5.84. The Labute approximate surface area is 124 Å². The Morgan fingerprint density at radius 1 is 1.19 bits per heavy atom. The number of hydrogen-bond acceptors (Lipinski definition) is 3. The van der Waals surface area contributed by atoms with Gasteiger partial charge in [0.05, 0.1) is 6.21 Å². The minimum absolute atomic E-state index is 0.288. The van der Waals surface area contributed by atoms with Crippen LogP contribution < -0.4 is 10.2 Å². The van der Waals surface area contributed by atoms with E-state index < -0.39 is 6.10 Å². The predicted molar refractivity (Wildman–Crippen MR) is 83.4 cm³/mol. The molecule has 1 amide bonds. The van der Waals surface area contributed by atoms with Gasteiger partial charge in [0.1, 0.15) is 5.75 Å². The van der Waals surface area contributed by atoms with E-state index in [1.54, 1.807) is 13.1 Å². The van der Waals surface area contributed by atoms with E-state index in [0.29, 0.717) is 5.75 Å². The molecule has 0 heterocycles. The van der Waals surface area contributed by atoms with Crippen LogP contribution in [-0.4, -0.2) is 18.2 Å². The zero-order chi connectivity index (χ0) is 15.1. The summed E-state index contributed by atoms with van der Waals surface area (Å²) in [6.45, 7) is 3.66. The van der Waals surface area contributed by atoms with Gasteiger partial charge < -0.3 is 4.74 Å². The molecular formula is C17H18N2O2. The minimum atomic E-state index is -0.611. The van der Waals surface area contributed by atoms with Crippen molar-refractivity contribution in [3.8, 4) is 5.75 Å². The molecule has 108 valence electrons. The molecule has 4 nitrogen and oxygen atoms in total. The van der Waals surface area contributed by atoms with Crippen LogP contribution in [0.3, 0.4) is 0 Å². The van der Waals surface area contributed by atoms with Crippen LogP contribution in [0.5, 0.6) is 5.75 Å². The molecule has 0 radical (unpaired) electrons. The molecule has 0 aliphatic carbocycles. The molecule has 1 atom stereocenters. The van der Waals surface area contributed by atoms with Crippen molar-refractivity contribution in [1.82, 2.24) is 5.43 Å². The first-order valence-corrected chi connectivity index (χ1v) is 6.76. The number of nitrogens with one attached hydrogen (secondary N) is 1. The topological polar surface area (TPSA) is 50.7 Å². The van der Waals surface area contributed by atoms with Crippen LogP contribution in [0, 0.1) is 6.92 Å². The van der Waals surface area contributed by atoms with Crippen LogP contribution in [-0.2, 0) is 4.79 Å². The molecule has 0 saturated heterocycles. The third-order valence-corrected chi connectivity index (χ3v) is 2.86. The van der Waals surface area contributed by atoms with Crippen molar-refractivity contribution < 1.29 is 9.53 Å². The fourth-order valence-corrected chi connectivity index (χ4v) is 1.75. The van der Waals surface area contributed by atoms with E-state index in [9.17, 15) is 4.79 Å². The van der Waals surface area contributed by atoms with Crippen molar-refractivity contribution >= 4 is 12.1 Å². The van der Waals surface area contributed by atoms with Crippen molar-refractivity contribution in [3.05, 3.63) is 65.7 Å². The molecule has 4 heteroatoms. The lowest BCUT2D eigenvalue weighted by molar-refractivity contribution is -0.127. The lowest BCUT2D eigenvalue weighted by atomic mass is 10.2. The summed E-state index contributed by atoms with van der Waals surface area (Å²) in [5.41, 5.74) is 4.48. The number of ether oxygens (including phenoxy) is 1. The summed E-state index contributed by atoms with van der Waals surface area (Å²) in [5.74, 6) is 0.383. The summed E-state index contributed by atoms with van der Waals surface area (Å²) in [6.07, 6.45) is 0.983. The Morgan fingerprint density at radius 2 is 1.95 bits per heavy atom. The summed E-state index contributed by atoms with van der Waals surface area (Å²) < 4.78 is 5.57. The second kappa shape index (κ2) is 7.24. The van der Waals surface area contributed by atoms with E-state index in [2.05, 4.69) is 10.5 Å². The van der Waals surface area contributed by atoms with Gasteiger partial charge in [0.2, 0.25) is 0 Å². The third kappa shape index (κ3) is 4.76. The van der Waals surface area contributed by atoms with Crippen molar-refractivity contribution in [2.45, 2.75) is 20.0 Å². The second-order valence-corrected chi connectivity index (χ2v) is 4.72. The lowest BCUT2D eigenvalue weighted by Crippen LogP contribution is -2.33. The molecule has 0 spiro atoms. The standard InChI is InChI=1S/C17H18N2O2/c1-13-7-6-10-16(11-13)21-14(2)17(20)19-18-12-15-8-4-3-5-9-15/h3-12,14H,1-2H3,(H,19,20)/b18-12-/t14-/m0/s1. The fraction of sp³-hybridized carbons (Fsp3) is 0.176. The summed E-state index contributed by atoms with van der Waals surface area (Å²) in [5, 5.41) is 3.92. The molecule has 2 aromatic carbocycles. The van der Waals surface area contributed by atoms with Crippen molar-refractivity contribution in [2.75, 3.05) is 0 Å². The maximum Gasteiger partial charge on any atom is 0.280 e. The smallest absolute Gasteiger partial charge is 0.280 e. The first kappa shape index (κ1) is 14.8. The Balaban J connectivity index is 1.87.